The number of unbranched alkanes of at least 4 members (excludes halogenated alkanes) is 1. The Bertz CT molecular complexity index is 238. The Morgan fingerprint density at radius 1 is 1.47 bits per heavy atom. The highest BCUT2D eigenvalue weighted by Crippen LogP contribution is 2.29. The van der Waals surface area contributed by atoms with Gasteiger partial charge in [-0.25, -0.2) is 0 Å². The summed E-state index contributed by atoms with van der Waals surface area (Å²) in [7, 11) is 0. The van der Waals surface area contributed by atoms with Crippen LogP contribution in [0.3, 0.4) is 0 Å². The first-order valence-electron chi connectivity index (χ1n) is 6.73. The maximum atomic E-state index is 12.3. The van der Waals surface area contributed by atoms with E-state index in [0.717, 1.165) is 32.1 Å². The van der Waals surface area contributed by atoms with Crippen molar-refractivity contribution in [1.29, 1.82) is 0 Å². The first kappa shape index (κ1) is 14.5. The second-order valence-corrected chi connectivity index (χ2v) is 5.11. The van der Waals surface area contributed by atoms with Gasteiger partial charge in [0.2, 0.25) is 5.91 Å². The number of hydrogen-bond acceptors (Lipinski definition) is 3. The molecule has 0 spiro atoms. The summed E-state index contributed by atoms with van der Waals surface area (Å²) in [6, 6.07) is 0.244. The summed E-state index contributed by atoms with van der Waals surface area (Å²) < 4.78 is 5.31. The highest BCUT2D eigenvalue weighted by Gasteiger charge is 2.38. The van der Waals surface area contributed by atoms with Crippen LogP contribution >= 0.6 is 0 Å². The lowest BCUT2D eigenvalue weighted by Gasteiger charge is -2.35. The number of ether oxygens (including phenoxy) is 1. The zero-order valence-corrected chi connectivity index (χ0v) is 11.1. The van der Waals surface area contributed by atoms with E-state index < -0.39 is 5.41 Å². The average Bonchev–Trinajstić information content (AvgIpc) is 2.37. The van der Waals surface area contributed by atoms with Crippen LogP contribution in [0.25, 0.3) is 0 Å². The highest BCUT2D eigenvalue weighted by atomic mass is 16.5. The van der Waals surface area contributed by atoms with E-state index in [4.69, 9.17) is 10.5 Å². The Balaban J connectivity index is 2.48. The zero-order chi connectivity index (χ0) is 12.7. The molecule has 1 fully saturated rings. The Morgan fingerprint density at radius 3 is 2.65 bits per heavy atom. The van der Waals surface area contributed by atoms with Gasteiger partial charge in [-0.15, -0.1) is 0 Å². The summed E-state index contributed by atoms with van der Waals surface area (Å²) >= 11 is 0. The van der Waals surface area contributed by atoms with Gasteiger partial charge in [-0.2, -0.15) is 0 Å². The fraction of sp³-hybridized carbons (Fsp3) is 0.923. The lowest BCUT2D eigenvalue weighted by molar-refractivity contribution is -0.136. The number of hydrogen-bond donors (Lipinski definition) is 2. The standard InChI is InChI=1S/C13H26N2O2/c1-3-4-5-11(2)15-12(16)13(10-14)6-8-17-9-7-13/h11H,3-10,14H2,1-2H3,(H,15,16). The molecule has 0 aliphatic carbocycles. The fourth-order valence-corrected chi connectivity index (χ4v) is 2.25. The van der Waals surface area contributed by atoms with E-state index in [-0.39, 0.29) is 11.9 Å². The Kier molecular flexibility index (Phi) is 5.92. The summed E-state index contributed by atoms with van der Waals surface area (Å²) in [6.45, 7) is 5.94. The molecular weight excluding hydrogens is 216 g/mol. The third kappa shape index (κ3) is 3.96. The summed E-state index contributed by atoms with van der Waals surface area (Å²) in [5.74, 6) is 0.118. The molecule has 0 aromatic carbocycles. The summed E-state index contributed by atoms with van der Waals surface area (Å²) in [6.07, 6.45) is 4.85. The minimum absolute atomic E-state index is 0.118. The molecule has 17 heavy (non-hydrogen) atoms. The van der Waals surface area contributed by atoms with Crippen LogP contribution in [0.5, 0.6) is 0 Å². The van der Waals surface area contributed by atoms with Crippen molar-refractivity contribution in [3.05, 3.63) is 0 Å². The topological polar surface area (TPSA) is 64.4 Å². The molecule has 1 aliphatic heterocycles. The van der Waals surface area contributed by atoms with Gasteiger partial charge >= 0.3 is 0 Å². The van der Waals surface area contributed by atoms with Crippen LogP contribution in [0.4, 0.5) is 0 Å². The summed E-state index contributed by atoms with van der Waals surface area (Å²) in [5, 5.41) is 3.10. The lowest BCUT2D eigenvalue weighted by atomic mass is 9.79. The van der Waals surface area contributed by atoms with Crippen molar-refractivity contribution in [2.24, 2.45) is 11.1 Å². The number of amides is 1. The quantitative estimate of drug-likeness (QED) is 0.740. The number of carbonyl (C=O) groups excluding carboxylic acids is 1. The molecule has 0 aromatic rings. The first-order valence-corrected chi connectivity index (χ1v) is 6.73. The van der Waals surface area contributed by atoms with Crippen LogP contribution < -0.4 is 11.1 Å². The maximum absolute atomic E-state index is 12.3. The molecular formula is C13H26N2O2. The second-order valence-electron chi connectivity index (χ2n) is 5.11. The molecule has 1 aliphatic rings. The molecule has 4 heteroatoms. The number of carbonyl (C=O) groups is 1. The normalized spacial score (nSPS) is 20.9. The second kappa shape index (κ2) is 6.97. The average molecular weight is 242 g/mol. The largest absolute Gasteiger partial charge is 0.381 e. The fourth-order valence-electron chi connectivity index (χ4n) is 2.25. The maximum Gasteiger partial charge on any atom is 0.227 e. The third-order valence-electron chi connectivity index (χ3n) is 3.69. The van der Waals surface area contributed by atoms with Gasteiger partial charge < -0.3 is 15.8 Å². The molecule has 100 valence electrons. The van der Waals surface area contributed by atoms with Gasteiger partial charge in [-0.1, -0.05) is 19.8 Å². The van der Waals surface area contributed by atoms with Gasteiger partial charge in [0, 0.05) is 25.8 Å². The predicted octanol–water partition coefficient (Wildman–Crippen LogP) is 1.44. The van der Waals surface area contributed by atoms with Gasteiger partial charge in [0.05, 0.1) is 5.41 Å². The summed E-state index contributed by atoms with van der Waals surface area (Å²) in [4.78, 5) is 12.3. The van der Waals surface area contributed by atoms with Gasteiger partial charge in [0.1, 0.15) is 0 Å². The minimum Gasteiger partial charge on any atom is -0.381 e. The molecule has 1 unspecified atom stereocenters. The van der Waals surface area contributed by atoms with Crippen molar-refractivity contribution < 1.29 is 9.53 Å². The van der Waals surface area contributed by atoms with E-state index in [1.165, 1.54) is 0 Å². The number of nitrogens with one attached hydrogen (secondary N) is 1. The van der Waals surface area contributed by atoms with E-state index in [0.29, 0.717) is 19.8 Å². The van der Waals surface area contributed by atoms with Crippen LogP contribution in [0, 0.1) is 5.41 Å². The Morgan fingerprint density at radius 2 is 2.12 bits per heavy atom. The van der Waals surface area contributed by atoms with Crippen LogP contribution in [-0.4, -0.2) is 31.7 Å². The van der Waals surface area contributed by atoms with Crippen molar-refractivity contribution in [1.82, 2.24) is 5.32 Å². The van der Waals surface area contributed by atoms with Crippen molar-refractivity contribution in [3.8, 4) is 0 Å². The van der Waals surface area contributed by atoms with Gasteiger partial charge in [-0.3, -0.25) is 4.79 Å². The molecule has 1 amide bonds. The number of rotatable bonds is 6. The molecule has 1 atom stereocenters. The van der Waals surface area contributed by atoms with Crippen LogP contribution in [-0.2, 0) is 9.53 Å². The molecule has 1 saturated heterocycles. The van der Waals surface area contributed by atoms with Gasteiger partial charge in [0.25, 0.3) is 0 Å². The van der Waals surface area contributed by atoms with Crippen LogP contribution in [0.1, 0.15) is 46.0 Å². The molecule has 3 N–H and O–H groups in total. The van der Waals surface area contributed by atoms with Gasteiger partial charge in [0.15, 0.2) is 0 Å². The van der Waals surface area contributed by atoms with Crippen molar-refractivity contribution in [2.75, 3.05) is 19.8 Å². The van der Waals surface area contributed by atoms with Crippen molar-refractivity contribution in [3.63, 3.8) is 0 Å². The lowest BCUT2D eigenvalue weighted by Crippen LogP contribution is -2.51. The molecule has 0 aromatic heterocycles. The van der Waals surface area contributed by atoms with E-state index in [1.54, 1.807) is 0 Å². The third-order valence-corrected chi connectivity index (χ3v) is 3.69. The monoisotopic (exact) mass is 242 g/mol. The SMILES string of the molecule is CCCCC(C)NC(=O)C1(CN)CCOCC1. The van der Waals surface area contributed by atoms with E-state index >= 15 is 0 Å². The molecule has 1 rings (SSSR count). The molecule has 0 bridgehead atoms. The smallest absolute Gasteiger partial charge is 0.227 e. The Labute approximate surface area is 104 Å². The predicted molar refractivity (Wildman–Crippen MR) is 68.7 cm³/mol. The van der Waals surface area contributed by atoms with E-state index in [1.807, 2.05) is 0 Å². The Hall–Kier alpha value is -0.610. The van der Waals surface area contributed by atoms with Crippen LogP contribution in [0.2, 0.25) is 0 Å². The zero-order valence-electron chi connectivity index (χ0n) is 11.1. The minimum atomic E-state index is -0.390. The van der Waals surface area contributed by atoms with Crippen molar-refractivity contribution in [2.45, 2.75) is 52.0 Å². The molecule has 0 radical (unpaired) electrons. The van der Waals surface area contributed by atoms with Crippen molar-refractivity contribution >= 4 is 5.91 Å². The van der Waals surface area contributed by atoms with E-state index in [2.05, 4.69) is 19.2 Å². The molecule has 1 heterocycles. The van der Waals surface area contributed by atoms with Crippen LogP contribution in [0.15, 0.2) is 0 Å². The van der Waals surface area contributed by atoms with E-state index in [9.17, 15) is 4.79 Å². The summed E-state index contributed by atoms with van der Waals surface area (Å²) in [5.41, 5.74) is 5.41. The highest BCUT2D eigenvalue weighted by molar-refractivity contribution is 5.83. The first-order chi connectivity index (χ1) is 8.14. The van der Waals surface area contributed by atoms with Gasteiger partial charge in [-0.05, 0) is 26.2 Å². The molecule has 4 nitrogen and oxygen atoms in total. The molecule has 0 saturated carbocycles. The number of nitrogens with two attached hydrogens (primary N) is 1.